The topological polar surface area (TPSA) is 41.8 Å². The summed E-state index contributed by atoms with van der Waals surface area (Å²) in [5.74, 6) is 0.673. The predicted molar refractivity (Wildman–Crippen MR) is 34.6 cm³/mol. The summed E-state index contributed by atoms with van der Waals surface area (Å²) in [6, 6.07) is 0. The molecule has 0 aromatic heterocycles. The summed E-state index contributed by atoms with van der Waals surface area (Å²) < 4.78 is 5.05. The van der Waals surface area contributed by atoms with E-state index in [1.54, 1.807) is 6.92 Å². The van der Waals surface area contributed by atoms with Crippen molar-refractivity contribution in [1.29, 1.82) is 0 Å². The minimum absolute atomic E-state index is 0.0599. The number of hydrogen-bond donors (Lipinski definition) is 1. The number of aliphatic hydroxyl groups is 1. The molecular weight excluding hydrogens is 118 g/mol. The Morgan fingerprint density at radius 1 is 1.89 bits per heavy atom. The van der Waals surface area contributed by atoms with E-state index < -0.39 is 0 Å². The molecule has 0 radical (unpaired) electrons. The van der Waals surface area contributed by atoms with E-state index in [1.165, 1.54) is 0 Å². The van der Waals surface area contributed by atoms with Crippen LogP contribution in [0.1, 0.15) is 13.8 Å². The summed E-state index contributed by atoms with van der Waals surface area (Å²) in [6.07, 6.45) is 0. The maximum absolute atomic E-state index is 8.76. The first-order valence-corrected chi connectivity index (χ1v) is 2.96. The number of rotatable bonds is 1. The number of hydrogen-bond acceptors (Lipinski definition) is 3. The second-order valence-corrected chi connectivity index (χ2v) is 2.57. The second-order valence-electron chi connectivity index (χ2n) is 2.57. The molecule has 0 bridgehead atoms. The van der Waals surface area contributed by atoms with Gasteiger partial charge in [0, 0.05) is 6.92 Å². The molecule has 1 aliphatic heterocycles. The third-order valence-corrected chi connectivity index (χ3v) is 1.36. The van der Waals surface area contributed by atoms with Crippen LogP contribution in [0.3, 0.4) is 0 Å². The molecule has 3 nitrogen and oxygen atoms in total. The Balaban J connectivity index is 2.64. The molecule has 9 heavy (non-hydrogen) atoms. The minimum atomic E-state index is -0.371. The highest BCUT2D eigenvalue weighted by molar-refractivity contribution is 5.75. The van der Waals surface area contributed by atoms with E-state index in [4.69, 9.17) is 9.84 Å². The Bertz CT molecular complexity index is 144. The van der Waals surface area contributed by atoms with Gasteiger partial charge in [0.25, 0.3) is 0 Å². The molecule has 0 aliphatic carbocycles. The molecule has 0 aromatic rings. The zero-order valence-corrected chi connectivity index (χ0v) is 5.72. The van der Waals surface area contributed by atoms with Gasteiger partial charge in [-0.05, 0) is 6.92 Å². The van der Waals surface area contributed by atoms with E-state index in [-0.39, 0.29) is 12.1 Å². The molecule has 1 N–H and O–H groups in total. The van der Waals surface area contributed by atoms with Gasteiger partial charge in [-0.3, -0.25) is 0 Å². The van der Waals surface area contributed by atoms with E-state index in [0.717, 1.165) is 0 Å². The fourth-order valence-corrected chi connectivity index (χ4v) is 0.786. The third-order valence-electron chi connectivity index (χ3n) is 1.36. The molecule has 3 heteroatoms. The molecule has 1 rings (SSSR count). The van der Waals surface area contributed by atoms with Crippen molar-refractivity contribution in [2.45, 2.75) is 19.4 Å². The lowest BCUT2D eigenvalue weighted by Crippen LogP contribution is -2.28. The number of nitrogens with zero attached hydrogens (tertiary/aromatic N) is 1. The lowest BCUT2D eigenvalue weighted by molar-refractivity contribution is 0.169. The van der Waals surface area contributed by atoms with E-state index in [0.29, 0.717) is 12.5 Å². The summed E-state index contributed by atoms with van der Waals surface area (Å²) in [7, 11) is 0. The molecule has 1 heterocycles. The average Bonchev–Trinajstić information content (AvgIpc) is 2.13. The van der Waals surface area contributed by atoms with Crippen LogP contribution in [0.2, 0.25) is 0 Å². The first-order valence-electron chi connectivity index (χ1n) is 2.96. The quantitative estimate of drug-likeness (QED) is 0.549. The fourth-order valence-electron chi connectivity index (χ4n) is 0.786. The van der Waals surface area contributed by atoms with Gasteiger partial charge in [-0.25, -0.2) is 4.99 Å². The molecule has 0 aromatic carbocycles. The Morgan fingerprint density at radius 3 is 2.78 bits per heavy atom. The van der Waals surface area contributed by atoms with Crippen molar-refractivity contribution < 1.29 is 9.84 Å². The van der Waals surface area contributed by atoms with Crippen LogP contribution in [-0.4, -0.2) is 29.8 Å². The van der Waals surface area contributed by atoms with Gasteiger partial charge >= 0.3 is 0 Å². The molecule has 1 aliphatic rings. The zero-order chi connectivity index (χ0) is 6.91. The van der Waals surface area contributed by atoms with Crippen molar-refractivity contribution in [3.05, 3.63) is 0 Å². The largest absolute Gasteiger partial charge is 0.479 e. The molecule has 1 atom stereocenters. The standard InChI is InChI=1S/C6H11NO2/c1-5-7-6(2,3-8)4-9-5/h8H,3-4H2,1-2H3/t6-/m1/s1. The first kappa shape index (κ1) is 6.55. The second kappa shape index (κ2) is 1.99. The van der Waals surface area contributed by atoms with E-state index in [1.807, 2.05) is 6.92 Å². The van der Waals surface area contributed by atoms with Crippen LogP contribution in [0.15, 0.2) is 4.99 Å². The van der Waals surface area contributed by atoms with Gasteiger partial charge in [0.1, 0.15) is 12.1 Å². The highest BCUT2D eigenvalue weighted by Crippen LogP contribution is 2.16. The zero-order valence-electron chi connectivity index (χ0n) is 5.72. The Labute approximate surface area is 54.4 Å². The van der Waals surface area contributed by atoms with Gasteiger partial charge < -0.3 is 9.84 Å². The Hall–Kier alpha value is -0.570. The van der Waals surface area contributed by atoms with Crippen LogP contribution in [0, 0.1) is 0 Å². The van der Waals surface area contributed by atoms with E-state index >= 15 is 0 Å². The molecule has 0 fully saturated rings. The number of aliphatic imine (C=N–C) groups is 1. The highest BCUT2D eigenvalue weighted by Gasteiger charge is 2.28. The van der Waals surface area contributed by atoms with Crippen LogP contribution < -0.4 is 0 Å². The molecule has 0 unspecified atom stereocenters. The van der Waals surface area contributed by atoms with Gasteiger partial charge in [0.2, 0.25) is 0 Å². The molecule has 0 spiro atoms. The molecule has 0 saturated heterocycles. The molecular formula is C6H11NO2. The van der Waals surface area contributed by atoms with Crippen molar-refractivity contribution >= 4 is 5.90 Å². The van der Waals surface area contributed by atoms with E-state index in [9.17, 15) is 0 Å². The summed E-state index contributed by atoms with van der Waals surface area (Å²) in [4.78, 5) is 4.08. The molecule has 0 saturated carbocycles. The van der Waals surface area contributed by atoms with E-state index in [2.05, 4.69) is 4.99 Å². The number of ether oxygens (including phenoxy) is 1. The normalized spacial score (nSPS) is 33.9. The number of aliphatic hydroxyl groups excluding tert-OH is 1. The monoisotopic (exact) mass is 129 g/mol. The summed E-state index contributed by atoms with van der Waals surface area (Å²) in [6.45, 7) is 4.23. The fraction of sp³-hybridized carbons (Fsp3) is 0.833. The maximum Gasteiger partial charge on any atom is 0.180 e. The maximum atomic E-state index is 8.76. The smallest absolute Gasteiger partial charge is 0.180 e. The SMILES string of the molecule is CC1=N[C@](C)(CO)CO1. The van der Waals surface area contributed by atoms with Crippen LogP contribution in [-0.2, 0) is 4.74 Å². The van der Waals surface area contributed by atoms with Crippen LogP contribution in [0.25, 0.3) is 0 Å². The van der Waals surface area contributed by atoms with Crippen LogP contribution >= 0.6 is 0 Å². The first-order chi connectivity index (χ1) is 4.16. The highest BCUT2D eigenvalue weighted by atomic mass is 16.5. The van der Waals surface area contributed by atoms with Gasteiger partial charge in [0.05, 0.1) is 6.61 Å². The molecule has 0 amide bonds. The van der Waals surface area contributed by atoms with Crippen molar-refractivity contribution in [3.8, 4) is 0 Å². The molecule has 52 valence electrons. The lowest BCUT2D eigenvalue weighted by atomic mass is 10.1. The lowest BCUT2D eigenvalue weighted by Gasteiger charge is -2.12. The van der Waals surface area contributed by atoms with Crippen molar-refractivity contribution in [2.75, 3.05) is 13.2 Å². The van der Waals surface area contributed by atoms with Crippen LogP contribution in [0.4, 0.5) is 0 Å². The van der Waals surface area contributed by atoms with Crippen molar-refractivity contribution in [2.24, 2.45) is 4.99 Å². The van der Waals surface area contributed by atoms with Gasteiger partial charge in [0.15, 0.2) is 5.90 Å². The minimum Gasteiger partial charge on any atom is -0.479 e. The third kappa shape index (κ3) is 1.21. The van der Waals surface area contributed by atoms with Crippen molar-refractivity contribution in [3.63, 3.8) is 0 Å². The summed E-state index contributed by atoms with van der Waals surface area (Å²) >= 11 is 0. The Kier molecular flexibility index (Phi) is 1.45. The van der Waals surface area contributed by atoms with Gasteiger partial charge in [-0.15, -0.1) is 0 Å². The van der Waals surface area contributed by atoms with Crippen molar-refractivity contribution in [1.82, 2.24) is 0 Å². The average molecular weight is 129 g/mol. The van der Waals surface area contributed by atoms with Gasteiger partial charge in [-0.2, -0.15) is 0 Å². The summed E-state index contributed by atoms with van der Waals surface area (Å²) in [5, 5.41) is 8.76. The summed E-state index contributed by atoms with van der Waals surface area (Å²) in [5.41, 5.74) is -0.371. The van der Waals surface area contributed by atoms with Gasteiger partial charge in [-0.1, -0.05) is 0 Å². The Morgan fingerprint density at radius 2 is 2.56 bits per heavy atom. The predicted octanol–water partition coefficient (Wildman–Crippen LogP) is 0.186. The van der Waals surface area contributed by atoms with Crippen LogP contribution in [0.5, 0.6) is 0 Å².